The van der Waals surface area contributed by atoms with E-state index in [1.54, 1.807) is 13.8 Å². The lowest BCUT2D eigenvalue weighted by Gasteiger charge is -2.36. The van der Waals surface area contributed by atoms with Crippen LogP contribution in [0.1, 0.15) is 65.4 Å². The second kappa shape index (κ2) is 11.7. The number of rotatable bonds is 11. The molecule has 0 aromatic heterocycles. The van der Waals surface area contributed by atoms with Gasteiger partial charge in [-0.25, -0.2) is 12.8 Å². The summed E-state index contributed by atoms with van der Waals surface area (Å²) in [4.78, 5) is 11.9. The predicted octanol–water partition coefficient (Wildman–Crippen LogP) is 5.42. The van der Waals surface area contributed by atoms with E-state index in [1.165, 1.54) is 19.2 Å². The van der Waals surface area contributed by atoms with Gasteiger partial charge in [0.05, 0.1) is 13.2 Å². The van der Waals surface area contributed by atoms with Crippen molar-refractivity contribution < 1.29 is 31.5 Å². The van der Waals surface area contributed by atoms with Crippen LogP contribution in [0, 0.1) is 12.7 Å². The van der Waals surface area contributed by atoms with E-state index in [1.807, 2.05) is 0 Å². The van der Waals surface area contributed by atoms with Crippen molar-refractivity contribution in [1.82, 2.24) is 4.31 Å². The van der Waals surface area contributed by atoms with Crippen molar-refractivity contribution in [3.8, 4) is 5.75 Å². The summed E-state index contributed by atoms with van der Waals surface area (Å²) in [6.07, 6.45) is 2.77. The van der Waals surface area contributed by atoms with Gasteiger partial charge in [-0.3, -0.25) is 4.79 Å². The van der Waals surface area contributed by atoms with Gasteiger partial charge in [-0.2, -0.15) is 4.31 Å². The second-order valence-corrected chi connectivity index (χ2v) is 17.5. The molecule has 7 nitrogen and oxygen atoms in total. The fourth-order valence-electron chi connectivity index (χ4n) is 3.81. The highest BCUT2D eigenvalue weighted by Gasteiger charge is 2.42. The summed E-state index contributed by atoms with van der Waals surface area (Å²) in [7, 11) is -4.74. The largest absolute Gasteiger partial charge is 0.486 e. The molecular weight excluding hydrogens is 489 g/mol. The van der Waals surface area contributed by atoms with E-state index < -0.39 is 42.3 Å². The average Bonchev–Trinajstić information content (AvgIpc) is 3.26. The zero-order chi connectivity index (χ0) is 26.6. The number of aryl methyl sites for hydroxylation is 1. The minimum atomic E-state index is -4.17. The van der Waals surface area contributed by atoms with Crippen LogP contribution in [0.2, 0.25) is 18.1 Å². The number of esters is 1. The van der Waals surface area contributed by atoms with Crippen LogP contribution in [0.25, 0.3) is 0 Å². The molecule has 2 rings (SSSR count). The van der Waals surface area contributed by atoms with E-state index in [4.69, 9.17) is 13.9 Å². The number of hydrogen-bond acceptors (Lipinski definition) is 6. The van der Waals surface area contributed by atoms with Gasteiger partial charge in [0.15, 0.2) is 19.9 Å². The summed E-state index contributed by atoms with van der Waals surface area (Å²) < 4.78 is 60.0. The quantitative estimate of drug-likeness (QED) is 0.215. The van der Waals surface area contributed by atoms with Crippen LogP contribution in [0.4, 0.5) is 4.39 Å². The minimum Gasteiger partial charge on any atom is -0.486 e. The van der Waals surface area contributed by atoms with Crippen LogP contribution in [-0.2, 0) is 24.0 Å². The van der Waals surface area contributed by atoms with E-state index in [0.29, 0.717) is 31.4 Å². The van der Waals surface area contributed by atoms with Gasteiger partial charge in [-0.15, -0.1) is 0 Å². The van der Waals surface area contributed by atoms with Crippen LogP contribution in [0.15, 0.2) is 17.0 Å². The molecule has 1 aromatic carbocycles. The molecule has 35 heavy (non-hydrogen) atoms. The zero-order valence-electron chi connectivity index (χ0n) is 22.4. The van der Waals surface area contributed by atoms with Crippen LogP contribution < -0.4 is 4.74 Å². The fourth-order valence-corrected chi connectivity index (χ4v) is 6.66. The molecule has 0 unspecified atom stereocenters. The van der Waals surface area contributed by atoms with E-state index in [9.17, 15) is 13.2 Å². The van der Waals surface area contributed by atoms with Crippen molar-refractivity contribution in [2.24, 2.45) is 0 Å². The number of benzene rings is 1. The van der Waals surface area contributed by atoms with Gasteiger partial charge in [-0.1, -0.05) is 26.8 Å². The predicted molar refractivity (Wildman–Crippen MR) is 137 cm³/mol. The Morgan fingerprint density at radius 3 is 2.51 bits per heavy atom. The Morgan fingerprint density at radius 2 is 1.91 bits per heavy atom. The van der Waals surface area contributed by atoms with E-state index in [-0.39, 0.29) is 22.2 Å². The van der Waals surface area contributed by atoms with Gasteiger partial charge in [0, 0.05) is 13.2 Å². The Morgan fingerprint density at radius 1 is 1.26 bits per heavy atom. The van der Waals surface area contributed by atoms with Gasteiger partial charge in [-0.05, 0) is 75.7 Å². The molecule has 1 saturated heterocycles. The summed E-state index contributed by atoms with van der Waals surface area (Å²) in [6.45, 7) is 15.2. The van der Waals surface area contributed by atoms with Crippen molar-refractivity contribution in [2.45, 2.75) is 102 Å². The number of sulfonamides is 1. The Kier molecular flexibility index (Phi) is 9.94. The van der Waals surface area contributed by atoms with Crippen molar-refractivity contribution in [2.75, 3.05) is 20.3 Å². The molecule has 0 aliphatic carbocycles. The topological polar surface area (TPSA) is 82.1 Å². The Labute approximate surface area is 211 Å². The highest BCUT2D eigenvalue weighted by Crippen LogP contribution is 2.37. The Balaban J connectivity index is 2.11. The molecule has 0 radical (unpaired) electrons. The number of ether oxygens (including phenoxy) is 2. The van der Waals surface area contributed by atoms with Gasteiger partial charge in [0.1, 0.15) is 10.9 Å². The molecule has 1 aliphatic rings. The second-order valence-electron chi connectivity index (χ2n) is 10.9. The highest BCUT2D eigenvalue weighted by atomic mass is 32.2. The summed E-state index contributed by atoms with van der Waals surface area (Å²) in [5.74, 6) is -1.60. The first-order chi connectivity index (χ1) is 16.1. The highest BCUT2D eigenvalue weighted by molar-refractivity contribution is 7.89. The monoisotopic (exact) mass is 531 g/mol. The number of carbonyl (C=O) groups excluding carboxylic acids is 1. The van der Waals surface area contributed by atoms with Crippen molar-refractivity contribution in [1.29, 1.82) is 0 Å². The lowest BCUT2D eigenvalue weighted by molar-refractivity contribution is -0.144. The number of halogens is 1. The fraction of sp³-hybridized carbons (Fsp3) is 0.720. The molecule has 1 aliphatic heterocycles. The molecule has 0 spiro atoms. The molecular formula is C25H42FNO6SSi. The first-order valence-electron chi connectivity index (χ1n) is 12.3. The third-order valence-electron chi connectivity index (χ3n) is 7.11. The summed E-state index contributed by atoms with van der Waals surface area (Å²) in [5.41, 5.74) is 0.292. The molecule has 0 bridgehead atoms. The molecule has 10 heteroatoms. The molecule has 1 fully saturated rings. The molecule has 1 heterocycles. The van der Waals surface area contributed by atoms with Crippen molar-refractivity contribution in [3.63, 3.8) is 0 Å². The van der Waals surface area contributed by atoms with Crippen LogP contribution >= 0.6 is 0 Å². The lowest BCUT2D eigenvalue weighted by Crippen LogP contribution is -2.41. The van der Waals surface area contributed by atoms with Gasteiger partial charge < -0.3 is 13.9 Å². The van der Waals surface area contributed by atoms with Crippen LogP contribution in [0.5, 0.6) is 5.75 Å². The van der Waals surface area contributed by atoms with Gasteiger partial charge in [0.2, 0.25) is 10.0 Å². The number of hydrogen-bond donors (Lipinski definition) is 0. The van der Waals surface area contributed by atoms with E-state index in [2.05, 4.69) is 33.9 Å². The maximum Gasteiger partial charge on any atom is 0.324 e. The summed E-state index contributed by atoms with van der Waals surface area (Å²) in [6, 6.07) is 1.86. The van der Waals surface area contributed by atoms with Gasteiger partial charge >= 0.3 is 5.97 Å². The molecule has 2 atom stereocenters. The van der Waals surface area contributed by atoms with Crippen molar-refractivity contribution in [3.05, 3.63) is 23.5 Å². The standard InChI is InChI=1S/C25H42FNO6SSi/c1-18-14-15-21(34(29,30)27-16-11-13-20(27)24(28)31-6)23(22(18)26)33-19(2)12-9-10-17-32-35(7,8)25(3,4)5/h14-15,19-20H,9-13,16-17H2,1-8H3/t19-,20+/m1/s1. The summed E-state index contributed by atoms with van der Waals surface area (Å²) >= 11 is 0. The lowest BCUT2D eigenvalue weighted by atomic mass is 10.1. The molecule has 0 amide bonds. The SMILES string of the molecule is COC(=O)[C@@H]1CCCN1S(=O)(=O)c1ccc(C)c(F)c1O[C@H](C)CCCCO[Si](C)(C)C(C)(C)C. The smallest absolute Gasteiger partial charge is 0.324 e. The molecule has 0 N–H and O–H groups in total. The normalized spacial score (nSPS) is 18.5. The van der Waals surface area contributed by atoms with Crippen molar-refractivity contribution >= 4 is 24.3 Å². The van der Waals surface area contributed by atoms with Crippen LogP contribution in [0.3, 0.4) is 0 Å². The maximum atomic E-state index is 15.1. The van der Waals surface area contributed by atoms with Crippen LogP contribution in [-0.4, -0.2) is 59.4 Å². The number of carbonyl (C=O) groups is 1. The van der Waals surface area contributed by atoms with E-state index >= 15 is 4.39 Å². The third-order valence-corrected chi connectivity index (χ3v) is 13.6. The Bertz CT molecular complexity index is 992. The van der Waals surface area contributed by atoms with E-state index in [0.717, 1.165) is 17.1 Å². The third kappa shape index (κ3) is 7.05. The number of methoxy groups -OCH3 is 1. The number of unbranched alkanes of at least 4 members (excludes halogenated alkanes) is 1. The average molecular weight is 532 g/mol. The molecule has 200 valence electrons. The maximum absolute atomic E-state index is 15.1. The minimum absolute atomic E-state index is 0.149. The Hall–Kier alpha value is -1.49. The van der Waals surface area contributed by atoms with Gasteiger partial charge in [0.25, 0.3) is 0 Å². The first kappa shape index (κ1) is 29.7. The molecule has 0 saturated carbocycles. The molecule has 1 aromatic rings. The summed E-state index contributed by atoms with van der Waals surface area (Å²) in [5, 5.41) is 0.149. The zero-order valence-corrected chi connectivity index (χ0v) is 24.3. The number of nitrogens with zero attached hydrogens (tertiary/aromatic N) is 1. The first-order valence-corrected chi connectivity index (χ1v) is 16.7.